The molecule has 0 atom stereocenters. The van der Waals surface area contributed by atoms with Crippen LogP contribution in [0.5, 0.6) is 0 Å². The molecule has 3 heteroatoms. The molecule has 1 aliphatic rings. The van der Waals surface area contributed by atoms with Crippen LogP contribution >= 0.6 is 0 Å². The molecule has 1 aliphatic heterocycles. The Bertz CT molecular complexity index is 178. The molecule has 0 spiro atoms. The summed E-state index contributed by atoms with van der Waals surface area (Å²) in [6.45, 7) is 0. The van der Waals surface area contributed by atoms with E-state index in [1.54, 1.807) is 12.4 Å². The Kier molecular flexibility index (Phi) is 4.85. The Labute approximate surface area is 79.8 Å². The van der Waals surface area contributed by atoms with Gasteiger partial charge in [-0.1, -0.05) is 12.2 Å². The van der Waals surface area contributed by atoms with E-state index in [1.807, 2.05) is 37.3 Å². The second kappa shape index (κ2) is 5.12. The fraction of sp³-hybridized carbons (Fsp3) is 0.250. The first-order valence-electron chi connectivity index (χ1n) is 3.20. The number of hydrogen-bond acceptors (Lipinski definition) is 1. The van der Waals surface area contributed by atoms with Gasteiger partial charge >= 0.3 is 18.9 Å². The first-order valence-corrected chi connectivity index (χ1v) is 3.20. The van der Waals surface area contributed by atoms with E-state index in [1.165, 1.54) is 5.57 Å². The molecule has 1 rings (SSSR count). The van der Waals surface area contributed by atoms with Crippen molar-refractivity contribution in [3.63, 3.8) is 0 Å². The Morgan fingerprint density at radius 1 is 1.27 bits per heavy atom. The van der Waals surface area contributed by atoms with Crippen LogP contribution in [0.15, 0.2) is 36.3 Å². The molecule has 11 heavy (non-hydrogen) atoms. The molecule has 0 fully saturated rings. The number of nitrogens with zero attached hydrogens (tertiary/aromatic N) is 2. The number of rotatable bonds is 1. The summed E-state index contributed by atoms with van der Waals surface area (Å²) in [6.07, 6.45) is 9.56. The third-order valence-electron chi connectivity index (χ3n) is 1.11. The summed E-state index contributed by atoms with van der Waals surface area (Å²) in [7, 11) is 4.00. The zero-order valence-corrected chi connectivity index (χ0v) is 7.28. The van der Waals surface area contributed by atoms with E-state index in [2.05, 4.69) is 5.32 Å². The zero-order valence-electron chi connectivity index (χ0n) is 7.28. The van der Waals surface area contributed by atoms with Crippen LogP contribution in [-0.2, 0) is 0 Å². The van der Waals surface area contributed by atoms with Gasteiger partial charge in [-0.3, -0.25) is 0 Å². The summed E-state index contributed by atoms with van der Waals surface area (Å²) in [6, 6.07) is 0. The van der Waals surface area contributed by atoms with Gasteiger partial charge in [0.05, 0.1) is 0 Å². The van der Waals surface area contributed by atoms with Crippen LogP contribution in [0.2, 0.25) is 0 Å². The van der Waals surface area contributed by atoms with Crippen molar-refractivity contribution in [2.45, 2.75) is 0 Å². The molecular weight excluding hydrogens is 131 g/mol. The van der Waals surface area contributed by atoms with E-state index in [0.717, 1.165) is 0 Å². The van der Waals surface area contributed by atoms with Gasteiger partial charge < -0.3 is 10.2 Å². The first kappa shape index (κ1) is 10.4. The minimum Gasteiger partial charge on any atom is -0.670 e. The maximum absolute atomic E-state index is 3.91. The monoisotopic (exact) mass is 142 g/mol. The Balaban J connectivity index is 0.000001000. The molecule has 0 aromatic rings. The standard InChI is InChI=1S/C8H11N2.Li/c1-10(2)7-8-3-5-9-6-4-8;/h3-7H,1-2H3;/q-1;+1. The van der Waals surface area contributed by atoms with Gasteiger partial charge in [0.15, 0.2) is 0 Å². The van der Waals surface area contributed by atoms with Crippen LogP contribution in [0, 0.1) is 0 Å². The third-order valence-corrected chi connectivity index (χ3v) is 1.11. The van der Waals surface area contributed by atoms with Crippen molar-refractivity contribution in [3.05, 3.63) is 41.6 Å². The molecule has 0 saturated carbocycles. The van der Waals surface area contributed by atoms with Gasteiger partial charge in [0.1, 0.15) is 0 Å². The van der Waals surface area contributed by atoms with Crippen LogP contribution in [0.3, 0.4) is 0 Å². The van der Waals surface area contributed by atoms with Crippen molar-refractivity contribution in [1.29, 1.82) is 0 Å². The third kappa shape index (κ3) is 3.97. The average Bonchev–Trinajstić information content (AvgIpc) is 1.88. The van der Waals surface area contributed by atoms with Gasteiger partial charge in [0.2, 0.25) is 0 Å². The summed E-state index contributed by atoms with van der Waals surface area (Å²) < 4.78 is 0. The van der Waals surface area contributed by atoms with Crippen LogP contribution in [-0.4, -0.2) is 19.0 Å². The summed E-state index contributed by atoms with van der Waals surface area (Å²) in [4.78, 5) is 2.01. The summed E-state index contributed by atoms with van der Waals surface area (Å²) >= 11 is 0. The molecule has 1 heterocycles. The fourth-order valence-electron chi connectivity index (χ4n) is 0.748. The molecule has 0 bridgehead atoms. The Morgan fingerprint density at radius 3 is 2.27 bits per heavy atom. The predicted octanol–water partition coefficient (Wildman–Crippen LogP) is -1.15. The first-order chi connectivity index (χ1) is 4.79. The Hall–Kier alpha value is -0.583. The Morgan fingerprint density at radius 2 is 1.82 bits per heavy atom. The van der Waals surface area contributed by atoms with E-state index in [9.17, 15) is 0 Å². The molecule has 0 saturated heterocycles. The quantitative estimate of drug-likeness (QED) is 0.423. The molecular formula is C8H11LiN2. The minimum atomic E-state index is 0. The van der Waals surface area contributed by atoms with Gasteiger partial charge in [-0.2, -0.15) is 12.4 Å². The van der Waals surface area contributed by atoms with Gasteiger partial charge in [0.25, 0.3) is 0 Å². The van der Waals surface area contributed by atoms with E-state index in [0.29, 0.717) is 0 Å². The molecule has 0 radical (unpaired) electrons. The molecule has 0 aliphatic carbocycles. The van der Waals surface area contributed by atoms with Crippen LogP contribution in [0.25, 0.3) is 5.32 Å². The van der Waals surface area contributed by atoms with E-state index < -0.39 is 0 Å². The smallest absolute Gasteiger partial charge is 0.670 e. The molecule has 0 amide bonds. The largest absolute Gasteiger partial charge is 1.00 e. The van der Waals surface area contributed by atoms with E-state index >= 15 is 0 Å². The van der Waals surface area contributed by atoms with Crippen LogP contribution in [0.1, 0.15) is 0 Å². The van der Waals surface area contributed by atoms with Crippen molar-refractivity contribution in [3.8, 4) is 0 Å². The van der Waals surface area contributed by atoms with Crippen LogP contribution < -0.4 is 18.9 Å². The second-order valence-corrected chi connectivity index (χ2v) is 2.37. The summed E-state index contributed by atoms with van der Waals surface area (Å²) in [5, 5.41) is 3.91. The summed E-state index contributed by atoms with van der Waals surface area (Å²) in [5.74, 6) is 0. The van der Waals surface area contributed by atoms with Crippen molar-refractivity contribution < 1.29 is 18.9 Å². The second-order valence-electron chi connectivity index (χ2n) is 2.37. The topological polar surface area (TPSA) is 17.3 Å². The van der Waals surface area contributed by atoms with Gasteiger partial charge in [0, 0.05) is 20.3 Å². The maximum atomic E-state index is 3.91. The minimum absolute atomic E-state index is 0. The molecule has 54 valence electrons. The normalized spacial score (nSPS) is 13.5. The van der Waals surface area contributed by atoms with Crippen molar-refractivity contribution in [2.75, 3.05) is 14.1 Å². The van der Waals surface area contributed by atoms with Gasteiger partial charge in [-0.05, 0) is 5.57 Å². The predicted molar refractivity (Wildman–Crippen MR) is 43.4 cm³/mol. The van der Waals surface area contributed by atoms with Crippen molar-refractivity contribution >= 4 is 0 Å². The van der Waals surface area contributed by atoms with E-state index in [4.69, 9.17) is 0 Å². The zero-order chi connectivity index (χ0) is 7.40. The number of hydrogen-bond donors (Lipinski definition) is 0. The molecule has 0 aromatic carbocycles. The average molecular weight is 142 g/mol. The number of allylic oxidation sites excluding steroid dienone is 3. The fourth-order valence-corrected chi connectivity index (χ4v) is 0.748. The molecule has 0 N–H and O–H groups in total. The summed E-state index contributed by atoms with van der Waals surface area (Å²) in [5.41, 5.74) is 1.18. The van der Waals surface area contributed by atoms with Crippen molar-refractivity contribution in [2.24, 2.45) is 0 Å². The van der Waals surface area contributed by atoms with Gasteiger partial charge in [-0.15, -0.1) is 0 Å². The van der Waals surface area contributed by atoms with Gasteiger partial charge in [-0.25, -0.2) is 0 Å². The SMILES string of the molecule is CN(C)C=C1C=C[N-]C=C1.[Li+]. The molecule has 2 nitrogen and oxygen atoms in total. The molecule has 0 unspecified atom stereocenters. The molecule has 0 aromatic heterocycles. The van der Waals surface area contributed by atoms with Crippen molar-refractivity contribution in [1.82, 2.24) is 4.90 Å². The maximum Gasteiger partial charge on any atom is 1.00 e. The van der Waals surface area contributed by atoms with Crippen LogP contribution in [0.4, 0.5) is 0 Å². The van der Waals surface area contributed by atoms with E-state index in [-0.39, 0.29) is 18.9 Å².